The van der Waals surface area contributed by atoms with Gasteiger partial charge >= 0.3 is 0 Å². The molecule has 2 saturated heterocycles. The van der Waals surface area contributed by atoms with Crippen molar-refractivity contribution in [1.82, 2.24) is 15.1 Å². The van der Waals surface area contributed by atoms with Gasteiger partial charge in [-0.25, -0.2) is 0 Å². The zero-order valence-corrected chi connectivity index (χ0v) is 24.9. The number of rotatable bonds is 9. The van der Waals surface area contributed by atoms with Gasteiger partial charge in [-0.15, -0.1) is 0 Å². The molecular formula is C33H38Cl2N4O2. The highest BCUT2D eigenvalue weighted by molar-refractivity contribution is 6.35. The molecule has 6 nitrogen and oxygen atoms in total. The van der Waals surface area contributed by atoms with Gasteiger partial charge in [0, 0.05) is 48.1 Å². The van der Waals surface area contributed by atoms with Gasteiger partial charge < -0.3 is 20.9 Å². The molecule has 5 rings (SSSR count). The van der Waals surface area contributed by atoms with Crippen LogP contribution in [0.3, 0.4) is 0 Å². The van der Waals surface area contributed by atoms with Gasteiger partial charge in [0.15, 0.2) is 0 Å². The fourth-order valence-corrected chi connectivity index (χ4v) is 6.72. The van der Waals surface area contributed by atoms with Gasteiger partial charge in [0.1, 0.15) is 6.04 Å². The Bertz CT molecular complexity index is 1340. The summed E-state index contributed by atoms with van der Waals surface area (Å²) in [6.45, 7) is 4.99. The molecule has 2 fully saturated rings. The predicted octanol–water partition coefficient (Wildman–Crippen LogP) is 5.24. The van der Waals surface area contributed by atoms with Crippen LogP contribution in [-0.4, -0.2) is 65.9 Å². The Kier molecular flexibility index (Phi) is 9.66. The van der Waals surface area contributed by atoms with Gasteiger partial charge in [0.05, 0.1) is 6.04 Å². The van der Waals surface area contributed by atoms with Crippen molar-refractivity contribution < 1.29 is 9.59 Å². The summed E-state index contributed by atoms with van der Waals surface area (Å²) in [6.07, 6.45) is 2.24. The second-order valence-corrected chi connectivity index (χ2v) is 12.3. The van der Waals surface area contributed by atoms with E-state index in [9.17, 15) is 9.59 Å². The first-order valence-corrected chi connectivity index (χ1v) is 15.2. The Morgan fingerprint density at radius 1 is 0.951 bits per heavy atom. The van der Waals surface area contributed by atoms with E-state index in [1.807, 2.05) is 29.2 Å². The molecule has 0 unspecified atom stereocenters. The normalized spacial score (nSPS) is 22.4. The van der Waals surface area contributed by atoms with Crippen molar-refractivity contribution in [2.75, 3.05) is 26.2 Å². The average Bonchev–Trinajstić information content (AvgIpc) is 3.62. The summed E-state index contributed by atoms with van der Waals surface area (Å²) in [7, 11) is 0. The molecular weight excluding hydrogens is 555 g/mol. The molecule has 3 aromatic rings. The van der Waals surface area contributed by atoms with Crippen LogP contribution in [0, 0.1) is 0 Å². The van der Waals surface area contributed by atoms with E-state index in [0.717, 1.165) is 38.0 Å². The smallest absolute Gasteiger partial charge is 0.245 e. The maximum atomic E-state index is 14.3. The van der Waals surface area contributed by atoms with Crippen LogP contribution >= 0.6 is 23.2 Å². The molecule has 2 aliphatic rings. The van der Waals surface area contributed by atoms with E-state index < -0.39 is 12.1 Å². The van der Waals surface area contributed by atoms with Gasteiger partial charge in [0.2, 0.25) is 11.8 Å². The number of nitrogens with one attached hydrogen (secondary N) is 1. The molecule has 2 amide bonds. The molecule has 3 aromatic carbocycles. The molecule has 0 aromatic heterocycles. The van der Waals surface area contributed by atoms with E-state index in [0.29, 0.717) is 22.5 Å². The largest absolute Gasteiger partial charge is 0.343 e. The molecule has 8 heteroatoms. The van der Waals surface area contributed by atoms with Crippen LogP contribution in [0.5, 0.6) is 0 Å². The minimum atomic E-state index is -0.792. The summed E-state index contributed by atoms with van der Waals surface area (Å²) in [5, 5.41) is 3.91. The highest BCUT2D eigenvalue weighted by Gasteiger charge is 2.40. The molecule has 41 heavy (non-hydrogen) atoms. The van der Waals surface area contributed by atoms with Gasteiger partial charge in [-0.1, -0.05) is 89.9 Å². The molecule has 0 bridgehead atoms. The lowest BCUT2D eigenvalue weighted by Gasteiger charge is -2.32. The summed E-state index contributed by atoms with van der Waals surface area (Å²) >= 11 is 12.6. The van der Waals surface area contributed by atoms with Gasteiger partial charge in [-0.3, -0.25) is 9.59 Å². The molecule has 2 aliphatic heterocycles. The standard InChI is InChI=1S/C33H38Cl2N4O2/c1-22(36)32(40)37-31(17-25-12-13-28(34)18-30(25)35)33(41)39-20-27(24-10-6-3-7-11-24)16-29(39)21-38-15-14-26(19-38)23-8-4-2-5-9-23/h2-13,18,22,26-27,29,31H,14-17,19-21,36H2,1H3,(H,37,40)/t22-,26+,27-,29-,31-/m0/s1. The average molecular weight is 594 g/mol. The number of carbonyl (C=O) groups excluding carboxylic acids is 2. The first kappa shape index (κ1) is 29.6. The summed E-state index contributed by atoms with van der Waals surface area (Å²) in [5.74, 6) is 0.250. The molecule has 5 atom stereocenters. The van der Waals surface area contributed by atoms with Crippen molar-refractivity contribution >= 4 is 35.0 Å². The zero-order valence-electron chi connectivity index (χ0n) is 23.4. The second kappa shape index (κ2) is 13.4. The zero-order chi connectivity index (χ0) is 28.9. The lowest BCUT2D eigenvalue weighted by molar-refractivity contribution is -0.137. The van der Waals surface area contributed by atoms with E-state index >= 15 is 0 Å². The molecule has 0 radical (unpaired) electrons. The molecule has 0 aliphatic carbocycles. The molecule has 0 saturated carbocycles. The third-order valence-electron chi connectivity index (χ3n) is 8.45. The Morgan fingerprint density at radius 3 is 2.24 bits per heavy atom. The van der Waals surface area contributed by atoms with Gasteiger partial charge in [-0.2, -0.15) is 0 Å². The monoisotopic (exact) mass is 592 g/mol. The third-order valence-corrected chi connectivity index (χ3v) is 9.04. The Labute approximate surface area is 252 Å². The van der Waals surface area contributed by atoms with E-state index in [-0.39, 0.29) is 30.2 Å². The predicted molar refractivity (Wildman–Crippen MR) is 165 cm³/mol. The SMILES string of the molecule is C[C@H](N)C(=O)N[C@@H](Cc1ccc(Cl)cc1Cl)C(=O)N1C[C@@H](c2ccccc2)C[C@H]1CN1CC[C@@H](c2ccccc2)C1. The molecule has 0 spiro atoms. The van der Waals surface area contributed by atoms with E-state index in [1.165, 1.54) is 11.1 Å². The van der Waals surface area contributed by atoms with Crippen molar-refractivity contribution in [2.45, 2.75) is 56.1 Å². The number of amides is 2. The Balaban J connectivity index is 1.38. The lowest BCUT2D eigenvalue weighted by atomic mass is 9.96. The maximum absolute atomic E-state index is 14.3. The number of likely N-dealkylation sites (tertiary alicyclic amines) is 2. The van der Waals surface area contributed by atoms with Crippen LogP contribution in [0.1, 0.15) is 48.3 Å². The minimum Gasteiger partial charge on any atom is -0.343 e. The molecule has 2 heterocycles. The Morgan fingerprint density at radius 2 is 1.61 bits per heavy atom. The van der Waals surface area contributed by atoms with Crippen molar-refractivity contribution in [3.05, 3.63) is 106 Å². The topological polar surface area (TPSA) is 78.7 Å². The highest BCUT2D eigenvalue weighted by atomic mass is 35.5. The van der Waals surface area contributed by atoms with Crippen LogP contribution in [0.2, 0.25) is 10.0 Å². The fraction of sp³-hybridized carbons (Fsp3) is 0.394. The molecule has 3 N–H and O–H groups in total. The van der Waals surface area contributed by atoms with E-state index in [4.69, 9.17) is 28.9 Å². The fourth-order valence-electron chi connectivity index (χ4n) is 6.23. The number of halogens is 2. The second-order valence-electron chi connectivity index (χ2n) is 11.4. The molecule has 216 valence electrons. The quantitative estimate of drug-likeness (QED) is 0.356. The third kappa shape index (κ3) is 7.31. The van der Waals surface area contributed by atoms with Crippen LogP contribution in [0.15, 0.2) is 78.9 Å². The number of carbonyl (C=O) groups is 2. The van der Waals surface area contributed by atoms with Gasteiger partial charge in [0.25, 0.3) is 0 Å². The first-order chi connectivity index (χ1) is 19.8. The summed E-state index contributed by atoms with van der Waals surface area (Å²) in [5.41, 5.74) is 9.24. The maximum Gasteiger partial charge on any atom is 0.245 e. The van der Waals surface area contributed by atoms with Crippen LogP contribution in [-0.2, 0) is 16.0 Å². The first-order valence-electron chi connectivity index (χ1n) is 14.4. The van der Waals surface area contributed by atoms with Crippen molar-refractivity contribution in [3.63, 3.8) is 0 Å². The van der Waals surface area contributed by atoms with Gasteiger partial charge in [-0.05, 0) is 61.1 Å². The minimum absolute atomic E-state index is 0.0256. The van der Waals surface area contributed by atoms with Crippen LogP contribution in [0.4, 0.5) is 0 Å². The number of benzene rings is 3. The van der Waals surface area contributed by atoms with Crippen LogP contribution in [0.25, 0.3) is 0 Å². The summed E-state index contributed by atoms with van der Waals surface area (Å²) in [6, 6.07) is 24.8. The van der Waals surface area contributed by atoms with Crippen molar-refractivity contribution in [2.24, 2.45) is 5.73 Å². The number of hydrogen-bond donors (Lipinski definition) is 2. The number of nitrogens with zero attached hydrogens (tertiary/aromatic N) is 2. The number of nitrogens with two attached hydrogens (primary N) is 1. The number of hydrogen-bond acceptors (Lipinski definition) is 4. The Hall–Kier alpha value is -2.90. The van der Waals surface area contributed by atoms with E-state index in [1.54, 1.807) is 19.1 Å². The summed E-state index contributed by atoms with van der Waals surface area (Å²) < 4.78 is 0. The van der Waals surface area contributed by atoms with Crippen molar-refractivity contribution in [1.29, 1.82) is 0 Å². The van der Waals surface area contributed by atoms with E-state index in [2.05, 4.69) is 52.7 Å². The summed E-state index contributed by atoms with van der Waals surface area (Å²) in [4.78, 5) is 31.5. The van der Waals surface area contributed by atoms with Crippen LogP contribution < -0.4 is 11.1 Å². The lowest BCUT2D eigenvalue weighted by Crippen LogP contribution is -2.55. The highest BCUT2D eigenvalue weighted by Crippen LogP contribution is 2.35. The van der Waals surface area contributed by atoms with Crippen molar-refractivity contribution in [3.8, 4) is 0 Å².